The minimum absolute atomic E-state index is 0.0910. The molecular weight excluding hydrogens is 241 g/mol. The second-order valence-corrected chi connectivity index (χ2v) is 5.83. The van der Waals surface area contributed by atoms with Gasteiger partial charge in [0.25, 0.3) is 0 Å². The van der Waals surface area contributed by atoms with Crippen LogP contribution in [0, 0.1) is 17.8 Å². The zero-order valence-electron chi connectivity index (χ0n) is 10.6. The van der Waals surface area contributed by atoms with Crippen molar-refractivity contribution in [3.05, 3.63) is 0 Å². The molecule has 0 aliphatic heterocycles. The summed E-state index contributed by atoms with van der Waals surface area (Å²) in [5.74, 6) is -0.860. The van der Waals surface area contributed by atoms with Gasteiger partial charge in [-0.15, -0.1) is 0 Å². The van der Waals surface area contributed by atoms with Gasteiger partial charge in [0.1, 0.15) is 5.78 Å². The molecule has 104 valence electrons. The lowest BCUT2D eigenvalue weighted by Crippen LogP contribution is -2.33. The highest BCUT2D eigenvalue weighted by molar-refractivity contribution is 5.83. The molecule has 0 bridgehead atoms. The second-order valence-electron chi connectivity index (χ2n) is 5.83. The van der Waals surface area contributed by atoms with Crippen molar-refractivity contribution in [3.8, 4) is 0 Å². The number of hydrogen-bond acceptors (Lipinski definition) is 1. The van der Waals surface area contributed by atoms with Gasteiger partial charge in [-0.05, 0) is 38.5 Å². The predicted octanol–water partition coefficient (Wildman–Crippen LogP) is 4.50. The maximum atomic E-state index is 12.5. The molecule has 4 heteroatoms. The molecule has 0 spiro atoms. The van der Waals surface area contributed by atoms with Gasteiger partial charge in [-0.2, -0.15) is 13.2 Å². The summed E-state index contributed by atoms with van der Waals surface area (Å²) >= 11 is 0. The monoisotopic (exact) mass is 262 g/mol. The lowest BCUT2D eigenvalue weighted by atomic mass is 9.74. The maximum absolute atomic E-state index is 12.5. The SMILES string of the molecule is O=C(C1CCCCC1)C1CCC(C(F)(F)F)CC1. The van der Waals surface area contributed by atoms with Gasteiger partial charge < -0.3 is 0 Å². The molecule has 0 radical (unpaired) electrons. The highest BCUT2D eigenvalue weighted by Gasteiger charge is 2.43. The van der Waals surface area contributed by atoms with Crippen molar-refractivity contribution in [3.63, 3.8) is 0 Å². The van der Waals surface area contributed by atoms with Crippen molar-refractivity contribution in [2.45, 2.75) is 64.0 Å². The molecule has 0 saturated heterocycles. The van der Waals surface area contributed by atoms with Crippen LogP contribution in [0.3, 0.4) is 0 Å². The van der Waals surface area contributed by atoms with Gasteiger partial charge in [-0.3, -0.25) is 4.79 Å². The van der Waals surface area contributed by atoms with Crippen LogP contribution in [0.5, 0.6) is 0 Å². The Labute approximate surface area is 106 Å². The molecule has 0 amide bonds. The number of Topliss-reactive ketones (excluding diaryl/α,β-unsaturated/α-hetero) is 1. The number of carbonyl (C=O) groups excluding carboxylic acids is 1. The van der Waals surface area contributed by atoms with Crippen molar-refractivity contribution < 1.29 is 18.0 Å². The lowest BCUT2D eigenvalue weighted by molar-refractivity contribution is -0.184. The van der Waals surface area contributed by atoms with Crippen LogP contribution in [-0.4, -0.2) is 12.0 Å². The summed E-state index contributed by atoms with van der Waals surface area (Å²) in [6, 6.07) is 0. The summed E-state index contributed by atoms with van der Waals surface area (Å²) in [6.45, 7) is 0. The van der Waals surface area contributed by atoms with Crippen LogP contribution in [0.25, 0.3) is 0 Å². The molecule has 2 saturated carbocycles. The summed E-state index contributed by atoms with van der Waals surface area (Å²) in [7, 11) is 0. The second kappa shape index (κ2) is 5.62. The summed E-state index contributed by atoms with van der Waals surface area (Å²) in [5, 5.41) is 0. The molecule has 0 N–H and O–H groups in total. The summed E-state index contributed by atoms with van der Waals surface area (Å²) < 4.78 is 37.6. The van der Waals surface area contributed by atoms with E-state index in [2.05, 4.69) is 0 Å². The lowest BCUT2D eigenvalue weighted by Gasteiger charge is -2.32. The van der Waals surface area contributed by atoms with E-state index in [1.807, 2.05) is 0 Å². The average molecular weight is 262 g/mol. The largest absolute Gasteiger partial charge is 0.391 e. The van der Waals surface area contributed by atoms with Crippen LogP contribution in [0.2, 0.25) is 0 Å². The van der Waals surface area contributed by atoms with Crippen molar-refractivity contribution in [2.24, 2.45) is 17.8 Å². The molecule has 0 aromatic rings. The molecule has 18 heavy (non-hydrogen) atoms. The van der Waals surface area contributed by atoms with E-state index in [9.17, 15) is 18.0 Å². The van der Waals surface area contributed by atoms with E-state index < -0.39 is 12.1 Å². The summed E-state index contributed by atoms with van der Waals surface area (Å²) in [5.41, 5.74) is 0. The minimum atomic E-state index is -4.07. The molecule has 2 aliphatic carbocycles. The van der Waals surface area contributed by atoms with E-state index >= 15 is 0 Å². The molecule has 0 heterocycles. The number of rotatable bonds is 2. The molecule has 0 aromatic carbocycles. The van der Waals surface area contributed by atoms with Gasteiger partial charge in [0, 0.05) is 11.8 Å². The zero-order chi connectivity index (χ0) is 13.2. The first-order chi connectivity index (χ1) is 8.48. The van der Waals surface area contributed by atoms with E-state index in [1.165, 1.54) is 6.42 Å². The normalized spacial score (nSPS) is 31.3. The molecule has 2 fully saturated rings. The van der Waals surface area contributed by atoms with Gasteiger partial charge in [0.15, 0.2) is 0 Å². The van der Waals surface area contributed by atoms with Crippen LogP contribution >= 0.6 is 0 Å². The smallest absolute Gasteiger partial charge is 0.299 e. The van der Waals surface area contributed by atoms with Crippen molar-refractivity contribution in [1.29, 1.82) is 0 Å². The van der Waals surface area contributed by atoms with E-state index in [0.29, 0.717) is 12.8 Å². The van der Waals surface area contributed by atoms with Gasteiger partial charge in [0.2, 0.25) is 0 Å². The Balaban J connectivity index is 1.83. The summed E-state index contributed by atoms with van der Waals surface area (Å²) in [4.78, 5) is 12.2. The fourth-order valence-electron chi connectivity index (χ4n) is 3.43. The summed E-state index contributed by atoms with van der Waals surface area (Å²) in [6.07, 6.45) is 2.43. The van der Waals surface area contributed by atoms with Crippen molar-refractivity contribution in [1.82, 2.24) is 0 Å². The quantitative estimate of drug-likeness (QED) is 0.716. The third-order valence-electron chi connectivity index (χ3n) is 4.60. The molecule has 1 nitrogen and oxygen atoms in total. The van der Waals surface area contributed by atoms with Gasteiger partial charge in [0.05, 0.1) is 5.92 Å². The van der Waals surface area contributed by atoms with Crippen LogP contribution < -0.4 is 0 Å². The molecule has 0 atom stereocenters. The average Bonchev–Trinajstić information content (AvgIpc) is 2.38. The first-order valence-corrected chi connectivity index (χ1v) is 7.09. The molecule has 2 rings (SSSR count). The van der Waals surface area contributed by atoms with E-state index in [0.717, 1.165) is 25.7 Å². The molecule has 0 aromatic heterocycles. The Hall–Kier alpha value is -0.540. The third-order valence-corrected chi connectivity index (χ3v) is 4.60. The highest BCUT2D eigenvalue weighted by atomic mass is 19.4. The first-order valence-electron chi connectivity index (χ1n) is 7.09. The number of alkyl halides is 3. The Morgan fingerprint density at radius 1 is 0.778 bits per heavy atom. The molecular formula is C14H21F3O. The van der Waals surface area contributed by atoms with Gasteiger partial charge >= 0.3 is 6.18 Å². The number of halogens is 3. The maximum Gasteiger partial charge on any atom is 0.391 e. The number of hydrogen-bond donors (Lipinski definition) is 0. The van der Waals surface area contributed by atoms with Crippen LogP contribution in [0.4, 0.5) is 13.2 Å². The first kappa shape index (κ1) is 13.9. The van der Waals surface area contributed by atoms with Crippen LogP contribution in [-0.2, 0) is 4.79 Å². The standard InChI is InChI=1S/C14H21F3O/c15-14(16,17)12-8-6-11(7-9-12)13(18)10-4-2-1-3-5-10/h10-12H,1-9H2. The van der Waals surface area contributed by atoms with Crippen LogP contribution in [0.1, 0.15) is 57.8 Å². The number of carbonyl (C=O) groups is 1. The number of ketones is 1. The van der Waals surface area contributed by atoms with Crippen LogP contribution in [0.15, 0.2) is 0 Å². The van der Waals surface area contributed by atoms with E-state index in [1.54, 1.807) is 0 Å². The van der Waals surface area contributed by atoms with Gasteiger partial charge in [-0.1, -0.05) is 19.3 Å². The molecule has 0 unspecified atom stereocenters. The fourth-order valence-corrected chi connectivity index (χ4v) is 3.43. The Kier molecular flexibility index (Phi) is 4.33. The highest BCUT2D eigenvalue weighted by Crippen LogP contribution is 2.41. The van der Waals surface area contributed by atoms with Crippen molar-refractivity contribution in [2.75, 3.05) is 0 Å². The van der Waals surface area contributed by atoms with Gasteiger partial charge in [-0.25, -0.2) is 0 Å². The molecule has 2 aliphatic rings. The van der Waals surface area contributed by atoms with Crippen molar-refractivity contribution >= 4 is 5.78 Å². The Morgan fingerprint density at radius 2 is 1.28 bits per heavy atom. The van der Waals surface area contributed by atoms with E-state index in [-0.39, 0.29) is 30.5 Å². The Bertz CT molecular complexity index is 284. The topological polar surface area (TPSA) is 17.1 Å². The minimum Gasteiger partial charge on any atom is -0.299 e. The third kappa shape index (κ3) is 3.27. The fraction of sp³-hybridized carbons (Fsp3) is 0.929. The van der Waals surface area contributed by atoms with E-state index in [4.69, 9.17) is 0 Å². The predicted molar refractivity (Wildman–Crippen MR) is 63.1 cm³/mol. The zero-order valence-corrected chi connectivity index (χ0v) is 10.6. The Morgan fingerprint density at radius 3 is 1.78 bits per heavy atom.